The number of methoxy groups -OCH3 is 1. The molecule has 0 aliphatic rings. The summed E-state index contributed by atoms with van der Waals surface area (Å²) in [5.74, 6) is -0.497. The van der Waals surface area contributed by atoms with Gasteiger partial charge in [-0.25, -0.2) is 4.79 Å². The third kappa shape index (κ3) is 2.57. The van der Waals surface area contributed by atoms with Crippen molar-refractivity contribution in [2.45, 2.75) is 19.4 Å². The lowest BCUT2D eigenvalue weighted by Gasteiger charge is -2.16. The van der Waals surface area contributed by atoms with Gasteiger partial charge in [0.2, 0.25) is 0 Å². The fourth-order valence-corrected chi connectivity index (χ4v) is 1.86. The largest absolute Gasteiger partial charge is 0.467 e. The number of esters is 1. The number of carbonyl (C=O) groups is 1. The van der Waals surface area contributed by atoms with E-state index in [9.17, 15) is 9.59 Å². The topological polar surface area (TPSA) is 48.3 Å². The van der Waals surface area contributed by atoms with Gasteiger partial charge in [0.05, 0.1) is 12.1 Å². The molecule has 0 bridgehead atoms. The molecule has 1 unspecified atom stereocenters. The summed E-state index contributed by atoms with van der Waals surface area (Å²) in [7, 11) is 1.27. The van der Waals surface area contributed by atoms with Crippen LogP contribution in [0.5, 0.6) is 0 Å². The normalized spacial score (nSPS) is 12.2. The van der Waals surface area contributed by atoms with Crippen molar-refractivity contribution >= 4 is 29.2 Å². The van der Waals surface area contributed by atoms with E-state index in [4.69, 9.17) is 23.2 Å². The highest BCUT2D eigenvalue weighted by Gasteiger charge is 2.21. The van der Waals surface area contributed by atoms with Crippen LogP contribution in [0.3, 0.4) is 0 Å². The van der Waals surface area contributed by atoms with Gasteiger partial charge in [-0.15, -0.1) is 0 Å². The molecular weight excluding hydrogens is 253 g/mol. The van der Waals surface area contributed by atoms with Crippen LogP contribution in [0.25, 0.3) is 0 Å². The standard InChI is InChI=1S/C10H11Cl2NO3/c1-3-8(10(15)16-2)13-5-6(11)4-7(12)9(13)14/h4-5,8H,3H2,1-2H3. The monoisotopic (exact) mass is 263 g/mol. The molecule has 0 spiro atoms. The second kappa shape index (κ2) is 5.37. The Hall–Kier alpha value is -1.00. The first-order chi connectivity index (χ1) is 7.51. The first-order valence-electron chi connectivity index (χ1n) is 4.66. The summed E-state index contributed by atoms with van der Waals surface area (Å²) in [5, 5.41) is 0.279. The maximum Gasteiger partial charge on any atom is 0.328 e. The molecule has 0 aromatic carbocycles. The summed E-state index contributed by atoms with van der Waals surface area (Å²) in [6.07, 6.45) is 1.80. The molecule has 1 atom stereocenters. The molecular formula is C10H11Cl2NO3. The van der Waals surface area contributed by atoms with E-state index < -0.39 is 17.6 Å². The first kappa shape index (κ1) is 13.1. The number of pyridine rings is 1. The Morgan fingerprint density at radius 3 is 2.69 bits per heavy atom. The SMILES string of the molecule is CCC(C(=O)OC)n1cc(Cl)cc(Cl)c1=O. The Morgan fingerprint density at radius 2 is 2.19 bits per heavy atom. The Balaban J connectivity index is 3.30. The van der Waals surface area contributed by atoms with E-state index >= 15 is 0 Å². The van der Waals surface area contributed by atoms with Crippen molar-refractivity contribution in [2.24, 2.45) is 0 Å². The van der Waals surface area contributed by atoms with E-state index in [0.29, 0.717) is 11.4 Å². The Kier molecular flexibility index (Phi) is 4.38. The second-order valence-electron chi connectivity index (χ2n) is 3.17. The van der Waals surface area contributed by atoms with E-state index in [2.05, 4.69) is 4.74 Å². The smallest absolute Gasteiger partial charge is 0.328 e. The summed E-state index contributed by atoms with van der Waals surface area (Å²) < 4.78 is 5.80. The second-order valence-corrected chi connectivity index (χ2v) is 4.01. The van der Waals surface area contributed by atoms with E-state index in [1.165, 1.54) is 23.9 Å². The lowest BCUT2D eigenvalue weighted by atomic mass is 10.2. The van der Waals surface area contributed by atoms with Crippen molar-refractivity contribution in [3.63, 3.8) is 0 Å². The third-order valence-electron chi connectivity index (χ3n) is 2.16. The van der Waals surface area contributed by atoms with Crippen LogP contribution in [-0.2, 0) is 9.53 Å². The molecule has 1 aromatic heterocycles. The summed E-state index contributed by atoms with van der Waals surface area (Å²) >= 11 is 11.5. The Morgan fingerprint density at radius 1 is 1.56 bits per heavy atom. The predicted octanol–water partition coefficient (Wildman–Crippen LogP) is 2.28. The molecule has 0 aliphatic carbocycles. The Labute approximate surface area is 103 Å². The van der Waals surface area contributed by atoms with Crippen LogP contribution < -0.4 is 5.56 Å². The molecule has 0 fully saturated rings. The van der Waals surface area contributed by atoms with Crippen LogP contribution in [0, 0.1) is 0 Å². The van der Waals surface area contributed by atoms with Crippen LogP contribution in [0.15, 0.2) is 17.1 Å². The van der Waals surface area contributed by atoms with Gasteiger partial charge >= 0.3 is 5.97 Å². The highest BCUT2D eigenvalue weighted by molar-refractivity contribution is 6.34. The molecule has 0 saturated heterocycles. The van der Waals surface area contributed by atoms with Crippen LogP contribution >= 0.6 is 23.2 Å². The van der Waals surface area contributed by atoms with E-state index in [0.717, 1.165) is 0 Å². The van der Waals surface area contributed by atoms with Gasteiger partial charge in [-0.3, -0.25) is 9.36 Å². The highest BCUT2D eigenvalue weighted by Crippen LogP contribution is 2.17. The van der Waals surface area contributed by atoms with Crippen LogP contribution in [0.4, 0.5) is 0 Å². The molecule has 1 rings (SSSR count). The fraction of sp³-hybridized carbons (Fsp3) is 0.400. The molecule has 16 heavy (non-hydrogen) atoms. The van der Waals surface area contributed by atoms with Crippen LogP contribution in [0.2, 0.25) is 10.0 Å². The zero-order valence-electron chi connectivity index (χ0n) is 8.87. The van der Waals surface area contributed by atoms with Gasteiger partial charge in [0.15, 0.2) is 0 Å². The van der Waals surface area contributed by atoms with E-state index in [1.807, 2.05) is 0 Å². The van der Waals surface area contributed by atoms with Gasteiger partial charge < -0.3 is 4.74 Å². The Bertz CT molecular complexity index is 456. The quantitative estimate of drug-likeness (QED) is 0.787. The third-order valence-corrected chi connectivity index (χ3v) is 2.64. The van der Waals surface area contributed by atoms with Gasteiger partial charge in [-0.05, 0) is 12.5 Å². The minimum atomic E-state index is -0.700. The number of carbonyl (C=O) groups excluding carboxylic acids is 1. The summed E-state index contributed by atoms with van der Waals surface area (Å²) in [4.78, 5) is 23.2. The molecule has 0 aliphatic heterocycles. The number of rotatable bonds is 3. The van der Waals surface area contributed by atoms with Crippen molar-refractivity contribution in [3.8, 4) is 0 Å². The highest BCUT2D eigenvalue weighted by atomic mass is 35.5. The molecule has 88 valence electrons. The summed E-state index contributed by atoms with van der Waals surface area (Å²) in [5.41, 5.74) is -0.455. The van der Waals surface area contributed by atoms with E-state index in [1.54, 1.807) is 6.92 Å². The zero-order chi connectivity index (χ0) is 12.3. The van der Waals surface area contributed by atoms with Crippen molar-refractivity contribution in [3.05, 3.63) is 32.7 Å². The molecule has 0 N–H and O–H groups in total. The molecule has 0 amide bonds. The lowest BCUT2D eigenvalue weighted by Crippen LogP contribution is -2.30. The first-order valence-corrected chi connectivity index (χ1v) is 5.41. The molecule has 0 radical (unpaired) electrons. The van der Waals surface area contributed by atoms with Gasteiger partial charge in [-0.2, -0.15) is 0 Å². The molecule has 6 heteroatoms. The fourth-order valence-electron chi connectivity index (χ4n) is 1.38. The van der Waals surface area contributed by atoms with Gasteiger partial charge in [0.1, 0.15) is 11.1 Å². The van der Waals surface area contributed by atoms with Gasteiger partial charge in [0, 0.05) is 6.20 Å². The van der Waals surface area contributed by atoms with Crippen molar-refractivity contribution in [1.29, 1.82) is 0 Å². The van der Waals surface area contributed by atoms with Gasteiger partial charge in [0.25, 0.3) is 5.56 Å². The zero-order valence-corrected chi connectivity index (χ0v) is 10.4. The van der Waals surface area contributed by atoms with Gasteiger partial charge in [-0.1, -0.05) is 30.1 Å². The van der Waals surface area contributed by atoms with Crippen molar-refractivity contribution in [1.82, 2.24) is 4.57 Å². The average molecular weight is 264 g/mol. The van der Waals surface area contributed by atoms with E-state index in [-0.39, 0.29) is 5.02 Å². The minimum absolute atomic E-state index is 0.0187. The predicted molar refractivity (Wildman–Crippen MR) is 62.1 cm³/mol. The number of hydrogen-bond donors (Lipinski definition) is 0. The number of halogens is 2. The van der Waals surface area contributed by atoms with Crippen molar-refractivity contribution in [2.75, 3.05) is 7.11 Å². The lowest BCUT2D eigenvalue weighted by molar-refractivity contribution is -0.144. The number of ether oxygens (including phenoxy) is 1. The molecule has 1 heterocycles. The molecule has 1 aromatic rings. The maximum atomic E-state index is 11.7. The van der Waals surface area contributed by atoms with Crippen LogP contribution in [0.1, 0.15) is 19.4 Å². The van der Waals surface area contributed by atoms with Crippen LogP contribution in [-0.4, -0.2) is 17.6 Å². The summed E-state index contributed by atoms with van der Waals surface area (Å²) in [6.45, 7) is 1.77. The molecule has 0 saturated carbocycles. The summed E-state index contributed by atoms with van der Waals surface area (Å²) in [6, 6.07) is 0.639. The number of hydrogen-bond acceptors (Lipinski definition) is 3. The number of aromatic nitrogens is 1. The number of nitrogens with zero attached hydrogens (tertiary/aromatic N) is 1. The minimum Gasteiger partial charge on any atom is -0.467 e. The van der Waals surface area contributed by atoms with Crippen molar-refractivity contribution < 1.29 is 9.53 Å². The average Bonchev–Trinajstić information content (AvgIpc) is 2.25. The molecule has 4 nitrogen and oxygen atoms in total. The maximum absolute atomic E-state index is 11.7.